The van der Waals surface area contributed by atoms with Crippen molar-refractivity contribution in [3.63, 3.8) is 0 Å². The molecule has 1 rings (SSSR count). The van der Waals surface area contributed by atoms with Crippen molar-refractivity contribution in [1.29, 1.82) is 0 Å². The minimum Gasteiger partial charge on any atom is -0.493 e. The molecule has 0 radical (unpaired) electrons. The molecule has 0 N–H and O–H groups in total. The van der Waals surface area contributed by atoms with Gasteiger partial charge in [0.1, 0.15) is 5.75 Å². The van der Waals surface area contributed by atoms with Crippen molar-refractivity contribution in [2.24, 2.45) is 0 Å². The average molecular weight is 419 g/mol. The smallest absolute Gasteiger partial charge is 0.330 e. The van der Waals surface area contributed by atoms with Gasteiger partial charge in [0.15, 0.2) is 0 Å². The zero-order valence-electron chi connectivity index (χ0n) is 18.4. The second-order valence-electron chi connectivity index (χ2n) is 6.49. The highest BCUT2D eigenvalue weighted by molar-refractivity contribution is 5.88. The summed E-state index contributed by atoms with van der Waals surface area (Å²) in [4.78, 5) is 23.2. The Morgan fingerprint density at radius 3 is 2.50 bits per heavy atom. The first-order valence-electron chi connectivity index (χ1n) is 10.5. The summed E-state index contributed by atoms with van der Waals surface area (Å²) >= 11 is 0. The number of carbonyl (C=O) groups excluding carboxylic acids is 2. The second-order valence-corrected chi connectivity index (χ2v) is 6.49. The maximum atomic E-state index is 11.8. The van der Waals surface area contributed by atoms with Crippen LogP contribution in [-0.2, 0) is 23.8 Å². The molecule has 0 fully saturated rings. The average Bonchev–Trinajstić information content (AvgIpc) is 2.73. The Labute approximate surface area is 179 Å². The number of ether oxygens (including phenoxy) is 4. The summed E-state index contributed by atoms with van der Waals surface area (Å²) in [6.45, 7) is 5.39. The monoisotopic (exact) mass is 418 g/mol. The van der Waals surface area contributed by atoms with Gasteiger partial charge in [0.2, 0.25) is 0 Å². The Morgan fingerprint density at radius 1 is 0.967 bits per heavy atom. The van der Waals surface area contributed by atoms with Crippen LogP contribution < -0.4 is 4.74 Å². The fraction of sp³-hybridized carbons (Fsp3) is 0.500. The highest BCUT2D eigenvalue weighted by atomic mass is 16.5. The molecule has 166 valence electrons. The van der Waals surface area contributed by atoms with Gasteiger partial charge in [0.05, 0.1) is 19.8 Å². The largest absolute Gasteiger partial charge is 0.493 e. The van der Waals surface area contributed by atoms with E-state index in [0.29, 0.717) is 38.4 Å². The number of esters is 2. The lowest BCUT2D eigenvalue weighted by Gasteiger charge is -2.12. The molecular weight excluding hydrogens is 384 g/mol. The molecule has 0 saturated heterocycles. The lowest BCUT2D eigenvalue weighted by atomic mass is 10.0. The molecule has 0 bridgehead atoms. The second kappa shape index (κ2) is 16.2. The van der Waals surface area contributed by atoms with Gasteiger partial charge >= 0.3 is 11.9 Å². The number of hydrogen-bond acceptors (Lipinski definition) is 6. The van der Waals surface area contributed by atoms with Crippen molar-refractivity contribution in [2.45, 2.75) is 46.0 Å². The predicted octanol–water partition coefficient (Wildman–Crippen LogP) is 4.81. The molecular formula is C24H34O6. The van der Waals surface area contributed by atoms with Crippen molar-refractivity contribution in [3.05, 3.63) is 41.5 Å². The fourth-order valence-corrected chi connectivity index (χ4v) is 2.70. The van der Waals surface area contributed by atoms with Crippen molar-refractivity contribution < 1.29 is 28.5 Å². The summed E-state index contributed by atoms with van der Waals surface area (Å²) in [7, 11) is 1.70. The molecule has 30 heavy (non-hydrogen) atoms. The van der Waals surface area contributed by atoms with Crippen molar-refractivity contribution >= 4 is 24.1 Å². The number of carbonyl (C=O) groups is 2. The van der Waals surface area contributed by atoms with Gasteiger partial charge < -0.3 is 18.9 Å². The quantitative estimate of drug-likeness (QED) is 0.231. The van der Waals surface area contributed by atoms with Crippen LogP contribution in [0.2, 0.25) is 0 Å². The van der Waals surface area contributed by atoms with Crippen LogP contribution in [0.15, 0.2) is 30.4 Å². The van der Waals surface area contributed by atoms with Gasteiger partial charge in [-0.05, 0) is 57.2 Å². The van der Waals surface area contributed by atoms with Crippen molar-refractivity contribution in [2.75, 3.05) is 33.5 Å². The fourth-order valence-electron chi connectivity index (χ4n) is 2.70. The Balaban J connectivity index is 2.84. The molecule has 0 heterocycles. The minimum absolute atomic E-state index is 0.228. The molecule has 0 aliphatic rings. The summed E-state index contributed by atoms with van der Waals surface area (Å²) < 4.78 is 20.9. The van der Waals surface area contributed by atoms with Gasteiger partial charge in [0, 0.05) is 31.8 Å². The first-order chi connectivity index (χ1) is 14.6. The van der Waals surface area contributed by atoms with E-state index in [1.807, 2.05) is 24.3 Å². The highest BCUT2D eigenvalue weighted by Gasteiger charge is 2.08. The third kappa shape index (κ3) is 10.8. The minimum atomic E-state index is -0.399. The van der Waals surface area contributed by atoms with E-state index < -0.39 is 5.97 Å². The van der Waals surface area contributed by atoms with E-state index in [9.17, 15) is 9.59 Å². The van der Waals surface area contributed by atoms with Crippen LogP contribution in [0.5, 0.6) is 5.75 Å². The summed E-state index contributed by atoms with van der Waals surface area (Å²) in [5, 5.41) is 0. The van der Waals surface area contributed by atoms with E-state index in [-0.39, 0.29) is 5.97 Å². The standard InChI is InChI=1S/C24H34O6/c1-4-28-23(25)15-11-19-30-22-14-10-13-20(12-8-6-7-9-18-27-3)21(22)16-17-24(26)29-5-2/h8,10,12-14,16-17H,4-7,9,11,15,18-19H2,1-3H3/b12-8+,17-16+. The van der Waals surface area contributed by atoms with Crippen molar-refractivity contribution in [3.8, 4) is 5.75 Å². The third-order valence-electron chi connectivity index (χ3n) is 4.13. The van der Waals surface area contributed by atoms with E-state index in [4.69, 9.17) is 18.9 Å². The zero-order valence-corrected chi connectivity index (χ0v) is 18.4. The van der Waals surface area contributed by atoms with Gasteiger partial charge in [0.25, 0.3) is 0 Å². The molecule has 0 saturated carbocycles. The molecule has 0 aliphatic heterocycles. The van der Waals surface area contributed by atoms with Crippen LogP contribution in [-0.4, -0.2) is 45.5 Å². The molecule has 6 nitrogen and oxygen atoms in total. The van der Waals surface area contributed by atoms with Crippen LogP contribution >= 0.6 is 0 Å². The SMILES string of the molecule is CCOC(=O)/C=C/c1c(/C=C/CCCCOC)cccc1OCCCC(=O)OCC. The lowest BCUT2D eigenvalue weighted by molar-refractivity contribution is -0.143. The molecule has 1 aromatic rings. The van der Waals surface area contributed by atoms with E-state index in [0.717, 1.165) is 37.0 Å². The Hall–Kier alpha value is -2.60. The molecule has 0 aromatic heterocycles. The summed E-state index contributed by atoms with van der Waals surface area (Å²) in [5.74, 6) is 0.0266. The highest BCUT2D eigenvalue weighted by Crippen LogP contribution is 2.26. The number of methoxy groups -OCH3 is 1. The number of rotatable bonds is 15. The molecule has 0 spiro atoms. The topological polar surface area (TPSA) is 71.1 Å². The maximum absolute atomic E-state index is 11.8. The lowest BCUT2D eigenvalue weighted by Crippen LogP contribution is -2.07. The van der Waals surface area contributed by atoms with Gasteiger partial charge in [-0.3, -0.25) is 4.79 Å². The number of hydrogen-bond donors (Lipinski definition) is 0. The number of benzene rings is 1. The van der Waals surface area contributed by atoms with E-state index >= 15 is 0 Å². The predicted molar refractivity (Wildman–Crippen MR) is 118 cm³/mol. The Morgan fingerprint density at radius 2 is 1.77 bits per heavy atom. The molecule has 0 aliphatic carbocycles. The molecule has 1 aromatic carbocycles. The molecule has 0 unspecified atom stereocenters. The van der Waals surface area contributed by atoms with E-state index in [1.54, 1.807) is 27.0 Å². The maximum Gasteiger partial charge on any atom is 0.330 e. The van der Waals surface area contributed by atoms with E-state index in [1.165, 1.54) is 6.08 Å². The van der Waals surface area contributed by atoms with Crippen LogP contribution in [0.4, 0.5) is 0 Å². The number of allylic oxidation sites excluding steroid dienone is 1. The van der Waals surface area contributed by atoms with Crippen LogP contribution in [0.25, 0.3) is 12.2 Å². The van der Waals surface area contributed by atoms with Gasteiger partial charge in [-0.15, -0.1) is 0 Å². The summed E-state index contributed by atoms with van der Waals surface area (Å²) in [6, 6.07) is 5.74. The first kappa shape index (κ1) is 25.4. The Kier molecular flexibility index (Phi) is 13.8. The number of unbranched alkanes of at least 4 members (excludes halogenated alkanes) is 2. The van der Waals surface area contributed by atoms with Crippen LogP contribution in [0, 0.1) is 0 Å². The van der Waals surface area contributed by atoms with Gasteiger partial charge in [-0.25, -0.2) is 4.79 Å². The van der Waals surface area contributed by atoms with Gasteiger partial charge in [-0.1, -0.05) is 24.3 Å². The molecule has 6 heteroatoms. The Bertz CT molecular complexity index is 693. The van der Waals surface area contributed by atoms with E-state index in [2.05, 4.69) is 6.08 Å². The summed E-state index contributed by atoms with van der Waals surface area (Å²) in [5.41, 5.74) is 1.75. The normalized spacial score (nSPS) is 11.2. The van der Waals surface area contributed by atoms with Crippen LogP contribution in [0.1, 0.15) is 57.1 Å². The summed E-state index contributed by atoms with van der Waals surface area (Å²) in [6.07, 6.45) is 11.1. The molecule has 0 atom stereocenters. The van der Waals surface area contributed by atoms with Gasteiger partial charge in [-0.2, -0.15) is 0 Å². The third-order valence-corrected chi connectivity index (χ3v) is 4.13. The van der Waals surface area contributed by atoms with Crippen molar-refractivity contribution in [1.82, 2.24) is 0 Å². The zero-order chi connectivity index (χ0) is 22.0. The molecule has 0 amide bonds. The first-order valence-corrected chi connectivity index (χ1v) is 10.5. The van der Waals surface area contributed by atoms with Crippen LogP contribution in [0.3, 0.4) is 0 Å².